The smallest absolute Gasteiger partial charge is 0.325 e. The number of methoxy groups -OCH3 is 1. The number of carbonyl (C=O) groups excluding carboxylic acids is 2. The molecule has 0 spiro atoms. The maximum absolute atomic E-state index is 12.9. The van der Waals surface area contributed by atoms with Crippen molar-refractivity contribution in [2.24, 2.45) is 0 Å². The monoisotopic (exact) mass is 335 g/mol. The van der Waals surface area contributed by atoms with E-state index >= 15 is 0 Å². The number of hydrogen-bond acceptors (Lipinski definition) is 4. The maximum Gasteiger partial charge on any atom is 0.325 e. The summed E-state index contributed by atoms with van der Waals surface area (Å²) in [6.45, 7) is 1.84. The van der Waals surface area contributed by atoms with Crippen LogP contribution in [0.5, 0.6) is 5.75 Å². The molecule has 1 N–H and O–H groups in total. The van der Waals surface area contributed by atoms with Crippen molar-refractivity contribution < 1.29 is 14.3 Å². The lowest BCUT2D eigenvalue weighted by Crippen LogP contribution is -2.40. The minimum Gasteiger partial charge on any atom is -0.497 e. The van der Waals surface area contributed by atoms with Gasteiger partial charge in [-0.1, -0.05) is 24.3 Å². The second kappa shape index (κ2) is 6.29. The molecule has 6 heteroatoms. The van der Waals surface area contributed by atoms with Gasteiger partial charge in [0.05, 0.1) is 25.3 Å². The molecule has 0 aromatic heterocycles. The van der Waals surface area contributed by atoms with E-state index in [4.69, 9.17) is 10.00 Å². The van der Waals surface area contributed by atoms with Crippen LogP contribution in [0.15, 0.2) is 48.5 Å². The molecule has 0 saturated carbocycles. The molecular formula is C19H17N3O3. The SMILES string of the molecule is COc1ccc([C@@]2(C)NC(=O)N(Cc3ccc(C#N)cc3)C2=O)cc1. The number of urea groups is 1. The average molecular weight is 335 g/mol. The average Bonchev–Trinajstić information content (AvgIpc) is 2.86. The molecule has 0 aliphatic carbocycles. The molecule has 2 aromatic rings. The van der Waals surface area contributed by atoms with E-state index in [-0.39, 0.29) is 12.5 Å². The van der Waals surface area contributed by atoms with E-state index < -0.39 is 11.6 Å². The highest BCUT2D eigenvalue weighted by Crippen LogP contribution is 2.30. The first-order valence-corrected chi connectivity index (χ1v) is 7.75. The summed E-state index contributed by atoms with van der Waals surface area (Å²) in [5.74, 6) is 0.366. The Balaban J connectivity index is 1.84. The molecule has 2 aromatic carbocycles. The van der Waals surface area contributed by atoms with E-state index in [0.717, 1.165) is 5.56 Å². The zero-order valence-corrected chi connectivity index (χ0v) is 13.9. The lowest BCUT2D eigenvalue weighted by Gasteiger charge is -2.22. The molecule has 1 atom stereocenters. The van der Waals surface area contributed by atoms with Gasteiger partial charge in [0.15, 0.2) is 0 Å². The second-order valence-electron chi connectivity index (χ2n) is 5.98. The van der Waals surface area contributed by atoms with Crippen LogP contribution in [-0.2, 0) is 16.9 Å². The number of rotatable bonds is 4. The van der Waals surface area contributed by atoms with Crippen molar-refractivity contribution >= 4 is 11.9 Å². The number of imide groups is 1. The van der Waals surface area contributed by atoms with E-state index in [1.807, 2.05) is 6.07 Å². The number of nitrogens with zero attached hydrogens (tertiary/aromatic N) is 2. The first-order chi connectivity index (χ1) is 12.0. The predicted octanol–water partition coefficient (Wildman–Crippen LogP) is 2.53. The van der Waals surface area contributed by atoms with Gasteiger partial charge in [-0.25, -0.2) is 4.79 Å². The predicted molar refractivity (Wildman–Crippen MR) is 90.6 cm³/mol. The van der Waals surface area contributed by atoms with Gasteiger partial charge >= 0.3 is 6.03 Å². The molecule has 0 bridgehead atoms. The fraction of sp³-hybridized carbons (Fsp3) is 0.211. The summed E-state index contributed by atoms with van der Waals surface area (Å²) in [6, 6.07) is 15.4. The standard InChI is InChI=1S/C19H17N3O3/c1-19(15-7-9-16(25-2)10-8-15)17(23)22(18(24)21-19)12-14-5-3-13(11-20)4-6-14/h3-10H,12H2,1-2H3,(H,21,24)/t19-/m1/s1. The summed E-state index contributed by atoms with van der Waals surface area (Å²) < 4.78 is 5.13. The maximum atomic E-state index is 12.9. The molecule has 0 unspecified atom stereocenters. The summed E-state index contributed by atoms with van der Waals surface area (Å²) >= 11 is 0. The quantitative estimate of drug-likeness (QED) is 0.871. The van der Waals surface area contributed by atoms with Crippen molar-refractivity contribution in [3.05, 3.63) is 65.2 Å². The van der Waals surface area contributed by atoms with E-state index in [0.29, 0.717) is 16.9 Å². The normalized spacial score (nSPS) is 19.5. The van der Waals surface area contributed by atoms with Crippen molar-refractivity contribution in [3.63, 3.8) is 0 Å². The second-order valence-corrected chi connectivity index (χ2v) is 5.98. The number of hydrogen-bond donors (Lipinski definition) is 1. The van der Waals surface area contributed by atoms with Gasteiger partial charge in [-0.05, 0) is 42.3 Å². The highest BCUT2D eigenvalue weighted by atomic mass is 16.5. The lowest BCUT2D eigenvalue weighted by molar-refractivity contribution is -0.131. The summed E-state index contributed by atoms with van der Waals surface area (Å²) in [7, 11) is 1.57. The fourth-order valence-corrected chi connectivity index (χ4v) is 2.83. The Hall–Kier alpha value is -3.33. The molecule has 25 heavy (non-hydrogen) atoms. The van der Waals surface area contributed by atoms with Gasteiger partial charge in [0.25, 0.3) is 5.91 Å². The number of ether oxygens (including phenoxy) is 1. The first-order valence-electron chi connectivity index (χ1n) is 7.75. The molecule has 0 radical (unpaired) electrons. The van der Waals surface area contributed by atoms with Crippen molar-refractivity contribution in [3.8, 4) is 11.8 Å². The Kier molecular flexibility index (Phi) is 4.15. The van der Waals surface area contributed by atoms with Gasteiger partial charge in [-0.15, -0.1) is 0 Å². The Morgan fingerprint density at radius 1 is 1.12 bits per heavy atom. The number of benzene rings is 2. The molecule has 1 heterocycles. The van der Waals surface area contributed by atoms with Crippen LogP contribution in [0.2, 0.25) is 0 Å². The topological polar surface area (TPSA) is 82.4 Å². The molecule has 126 valence electrons. The zero-order valence-electron chi connectivity index (χ0n) is 13.9. The zero-order chi connectivity index (χ0) is 18.0. The van der Waals surface area contributed by atoms with Crippen LogP contribution >= 0.6 is 0 Å². The molecule has 6 nitrogen and oxygen atoms in total. The fourth-order valence-electron chi connectivity index (χ4n) is 2.83. The van der Waals surface area contributed by atoms with Crippen LogP contribution < -0.4 is 10.1 Å². The van der Waals surface area contributed by atoms with Crippen LogP contribution in [0.3, 0.4) is 0 Å². The number of nitrogens with one attached hydrogen (secondary N) is 1. The highest BCUT2D eigenvalue weighted by molar-refractivity contribution is 6.07. The van der Waals surface area contributed by atoms with Crippen LogP contribution in [0.25, 0.3) is 0 Å². The van der Waals surface area contributed by atoms with Gasteiger partial charge in [0.2, 0.25) is 0 Å². The highest BCUT2D eigenvalue weighted by Gasteiger charge is 2.48. The van der Waals surface area contributed by atoms with Gasteiger partial charge in [0, 0.05) is 0 Å². The van der Waals surface area contributed by atoms with Crippen LogP contribution in [0, 0.1) is 11.3 Å². The van der Waals surface area contributed by atoms with Gasteiger partial charge < -0.3 is 10.1 Å². The van der Waals surface area contributed by atoms with E-state index in [1.165, 1.54) is 4.90 Å². The third-order valence-electron chi connectivity index (χ3n) is 4.37. The molecule has 1 aliphatic rings. The van der Waals surface area contributed by atoms with E-state index in [1.54, 1.807) is 62.6 Å². The van der Waals surface area contributed by atoms with E-state index in [2.05, 4.69) is 5.32 Å². The van der Waals surface area contributed by atoms with Crippen LogP contribution in [0.4, 0.5) is 4.79 Å². The Morgan fingerprint density at radius 2 is 1.76 bits per heavy atom. The Bertz CT molecular complexity index is 853. The summed E-state index contributed by atoms with van der Waals surface area (Å²) in [5.41, 5.74) is 0.884. The number of nitriles is 1. The third kappa shape index (κ3) is 2.92. The minimum atomic E-state index is -1.12. The Labute approximate surface area is 145 Å². The molecule has 1 saturated heterocycles. The Morgan fingerprint density at radius 3 is 2.32 bits per heavy atom. The molecule has 3 rings (SSSR count). The molecular weight excluding hydrogens is 318 g/mol. The number of amides is 3. The minimum absolute atomic E-state index is 0.155. The van der Waals surface area contributed by atoms with Crippen molar-refractivity contribution in [2.45, 2.75) is 19.0 Å². The van der Waals surface area contributed by atoms with E-state index in [9.17, 15) is 9.59 Å². The summed E-state index contributed by atoms with van der Waals surface area (Å²) in [6.07, 6.45) is 0. The number of carbonyl (C=O) groups is 2. The first kappa shape index (κ1) is 16.5. The summed E-state index contributed by atoms with van der Waals surface area (Å²) in [4.78, 5) is 26.4. The summed E-state index contributed by atoms with van der Waals surface area (Å²) in [5, 5.41) is 11.6. The largest absolute Gasteiger partial charge is 0.497 e. The van der Waals surface area contributed by atoms with Crippen LogP contribution in [-0.4, -0.2) is 23.9 Å². The molecule has 3 amide bonds. The van der Waals surface area contributed by atoms with Gasteiger partial charge in [0.1, 0.15) is 11.3 Å². The molecule has 1 fully saturated rings. The van der Waals surface area contributed by atoms with Gasteiger partial charge in [-0.2, -0.15) is 5.26 Å². The molecule has 1 aliphatic heterocycles. The van der Waals surface area contributed by atoms with Gasteiger partial charge in [-0.3, -0.25) is 9.69 Å². The third-order valence-corrected chi connectivity index (χ3v) is 4.37. The van der Waals surface area contributed by atoms with Crippen LogP contribution in [0.1, 0.15) is 23.6 Å². The van der Waals surface area contributed by atoms with Crippen molar-refractivity contribution in [2.75, 3.05) is 7.11 Å². The lowest BCUT2D eigenvalue weighted by atomic mass is 9.92. The van der Waals surface area contributed by atoms with Crippen molar-refractivity contribution in [1.82, 2.24) is 10.2 Å². The van der Waals surface area contributed by atoms with Crippen molar-refractivity contribution in [1.29, 1.82) is 5.26 Å².